The summed E-state index contributed by atoms with van der Waals surface area (Å²) in [5, 5.41) is 20.0. The first-order valence-corrected chi connectivity index (χ1v) is 9.25. The van der Waals surface area contributed by atoms with Gasteiger partial charge in [-0.1, -0.05) is 30.3 Å². The minimum Gasteiger partial charge on any atom is -0.239 e. The van der Waals surface area contributed by atoms with Gasteiger partial charge in [0.1, 0.15) is 5.69 Å². The van der Waals surface area contributed by atoms with Gasteiger partial charge in [-0.3, -0.25) is 0 Å². The van der Waals surface area contributed by atoms with Crippen molar-refractivity contribution in [2.75, 3.05) is 0 Å². The summed E-state index contributed by atoms with van der Waals surface area (Å²) in [6, 6.07) is 19.0. The van der Waals surface area contributed by atoms with Crippen molar-refractivity contribution in [3.63, 3.8) is 0 Å². The second-order valence-corrected chi connectivity index (χ2v) is 7.78. The summed E-state index contributed by atoms with van der Waals surface area (Å²) in [5.41, 5.74) is 4.06. The minimum atomic E-state index is -0.287. The SMILES string of the molecule is N#CC1(c2ccc3cnn(-c4cnn(-c5ccccc5)c4)c3c2)CC12CC2. The summed E-state index contributed by atoms with van der Waals surface area (Å²) in [4.78, 5) is 0. The van der Waals surface area contributed by atoms with Crippen molar-refractivity contribution < 1.29 is 0 Å². The quantitative estimate of drug-likeness (QED) is 0.557. The van der Waals surface area contributed by atoms with Gasteiger partial charge in [-0.15, -0.1) is 0 Å². The molecular formula is C22H17N5. The summed E-state index contributed by atoms with van der Waals surface area (Å²) in [6.07, 6.45) is 9.04. The fourth-order valence-electron chi connectivity index (χ4n) is 4.48. The predicted octanol–water partition coefficient (Wildman–Crippen LogP) is 4.16. The molecule has 130 valence electrons. The highest BCUT2D eigenvalue weighted by atomic mass is 15.3. The zero-order chi connectivity index (χ0) is 18.1. The fourth-order valence-corrected chi connectivity index (χ4v) is 4.48. The Hall–Kier alpha value is -3.39. The lowest BCUT2D eigenvalue weighted by atomic mass is 9.93. The number of fused-ring (bicyclic) bond motifs is 1. The van der Waals surface area contributed by atoms with Crippen LogP contribution in [0.15, 0.2) is 67.1 Å². The van der Waals surface area contributed by atoms with Gasteiger partial charge in [-0.25, -0.2) is 9.36 Å². The van der Waals surface area contributed by atoms with Crippen LogP contribution in [-0.4, -0.2) is 19.6 Å². The average Bonchev–Trinajstić information content (AvgIpc) is 3.48. The number of benzene rings is 2. The Morgan fingerprint density at radius 3 is 2.56 bits per heavy atom. The van der Waals surface area contributed by atoms with Crippen molar-refractivity contribution in [3.05, 3.63) is 72.7 Å². The molecule has 2 saturated carbocycles. The highest BCUT2D eigenvalue weighted by molar-refractivity contribution is 5.82. The van der Waals surface area contributed by atoms with Gasteiger partial charge in [-0.05, 0) is 48.4 Å². The molecule has 2 aliphatic rings. The van der Waals surface area contributed by atoms with E-state index in [4.69, 9.17) is 0 Å². The van der Waals surface area contributed by atoms with E-state index in [-0.39, 0.29) is 10.8 Å². The number of hydrogen-bond donors (Lipinski definition) is 0. The Labute approximate surface area is 156 Å². The lowest BCUT2D eigenvalue weighted by Crippen LogP contribution is -2.07. The maximum absolute atomic E-state index is 9.84. The molecule has 0 saturated heterocycles. The van der Waals surface area contributed by atoms with Crippen LogP contribution in [0.1, 0.15) is 24.8 Å². The smallest absolute Gasteiger partial charge is 0.104 e. The standard InChI is InChI=1S/C22H17N5/c23-15-22(14-21(22)8-9-21)17-7-6-16-11-25-27(20(16)10-17)19-12-24-26(13-19)18-4-2-1-3-5-18/h1-7,10-13H,8-9,14H2. The molecule has 2 heterocycles. The molecule has 2 aliphatic carbocycles. The van der Waals surface area contributed by atoms with Crippen molar-refractivity contribution >= 4 is 10.9 Å². The maximum atomic E-state index is 9.84. The maximum Gasteiger partial charge on any atom is 0.104 e. The fraction of sp³-hybridized carbons (Fsp3) is 0.227. The summed E-state index contributed by atoms with van der Waals surface area (Å²) < 4.78 is 3.77. The molecule has 1 unspecified atom stereocenters. The van der Waals surface area contributed by atoms with Gasteiger partial charge < -0.3 is 0 Å². The summed E-state index contributed by atoms with van der Waals surface area (Å²) in [7, 11) is 0. The van der Waals surface area contributed by atoms with Gasteiger partial charge >= 0.3 is 0 Å². The van der Waals surface area contributed by atoms with Gasteiger partial charge in [0.15, 0.2) is 0 Å². The molecule has 2 fully saturated rings. The number of hydrogen-bond acceptors (Lipinski definition) is 3. The third-order valence-corrected chi connectivity index (χ3v) is 6.33. The van der Waals surface area contributed by atoms with E-state index in [2.05, 4.69) is 34.5 Å². The first-order chi connectivity index (χ1) is 13.2. The second kappa shape index (κ2) is 4.86. The zero-order valence-corrected chi connectivity index (χ0v) is 14.7. The number of nitrogens with zero attached hydrogens (tertiary/aromatic N) is 5. The van der Waals surface area contributed by atoms with Crippen LogP contribution in [-0.2, 0) is 5.41 Å². The number of rotatable bonds is 3. The second-order valence-electron chi connectivity index (χ2n) is 7.78. The molecule has 2 aromatic carbocycles. The molecule has 4 aromatic rings. The van der Waals surface area contributed by atoms with Crippen LogP contribution in [0.5, 0.6) is 0 Å². The lowest BCUT2D eigenvalue weighted by Gasteiger charge is -2.09. The van der Waals surface area contributed by atoms with Crippen molar-refractivity contribution in [2.24, 2.45) is 5.41 Å². The van der Waals surface area contributed by atoms with Gasteiger partial charge in [0.2, 0.25) is 0 Å². The van der Waals surface area contributed by atoms with Crippen LogP contribution in [0.4, 0.5) is 0 Å². The third kappa shape index (κ3) is 1.93. The Balaban J connectivity index is 1.45. The highest BCUT2D eigenvalue weighted by Crippen LogP contribution is 2.78. The van der Waals surface area contributed by atoms with Gasteiger partial charge in [0.25, 0.3) is 0 Å². The average molecular weight is 351 g/mol. The summed E-state index contributed by atoms with van der Waals surface area (Å²) in [5.74, 6) is 0. The topological polar surface area (TPSA) is 59.4 Å². The Bertz CT molecular complexity index is 1220. The van der Waals surface area contributed by atoms with E-state index in [0.717, 1.165) is 34.3 Å². The zero-order valence-electron chi connectivity index (χ0n) is 14.7. The lowest BCUT2D eigenvalue weighted by molar-refractivity contribution is 0.738. The van der Waals surface area contributed by atoms with Crippen LogP contribution in [0, 0.1) is 16.7 Å². The molecule has 2 aromatic heterocycles. The molecule has 0 radical (unpaired) electrons. The first kappa shape index (κ1) is 14.7. The van der Waals surface area contributed by atoms with E-state index in [1.165, 1.54) is 12.8 Å². The van der Waals surface area contributed by atoms with Crippen LogP contribution in [0.25, 0.3) is 22.3 Å². The molecule has 0 bridgehead atoms. The normalized spacial score (nSPS) is 22.0. The van der Waals surface area contributed by atoms with E-state index in [9.17, 15) is 5.26 Å². The van der Waals surface area contributed by atoms with Gasteiger partial charge in [0.05, 0.1) is 41.3 Å². The number of aromatic nitrogens is 4. The molecule has 0 amide bonds. The van der Waals surface area contributed by atoms with E-state index in [0.29, 0.717) is 0 Å². The van der Waals surface area contributed by atoms with Gasteiger partial charge in [0, 0.05) is 5.39 Å². The summed E-state index contributed by atoms with van der Waals surface area (Å²) in [6.45, 7) is 0. The molecule has 1 spiro atoms. The van der Waals surface area contributed by atoms with E-state index in [1.54, 1.807) is 0 Å². The van der Waals surface area contributed by atoms with Crippen LogP contribution in [0.3, 0.4) is 0 Å². The van der Waals surface area contributed by atoms with Crippen molar-refractivity contribution in [3.8, 4) is 17.4 Å². The Morgan fingerprint density at radius 2 is 1.81 bits per heavy atom. The van der Waals surface area contributed by atoms with Crippen molar-refractivity contribution in [1.82, 2.24) is 19.6 Å². The molecule has 1 atom stereocenters. The van der Waals surface area contributed by atoms with Crippen LogP contribution < -0.4 is 0 Å². The van der Waals surface area contributed by atoms with E-state index < -0.39 is 0 Å². The molecule has 0 aliphatic heterocycles. The number of para-hydroxylation sites is 1. The summed E-state index contributed by atoms with van der Waals surface area (Å²) >= 11 is 0. The van der Waals surface area contributed by atoms with E-state index >= 15 is 0 Å². The molecular weight excluding hydrogens is 334 g/mol. The third-order valence-electron chi connectivity index (χ3n) is 6.33. The van der Waals surface area contributed by atoms with Crippen molar-refractivity contribution in [2.45, 2.75) is 24.7 Å². The largest absolute Gasteiger partial charge is 0.239 e. The van der Waals surface area contributed by atoms with Crippen LogP contribution >= 0.6 is 0 Å². The molecule has 0 N–H and O–H groups in total. The minimum absolute atomic E-state index is 0.262. The van der Waals surface area contributed by atoms with Crippen LogP contribution in [0.2, 0.25) is 0 Å². The monoisotopic (exact) mass is 351 g/mol. The Kier molecular flexibility index (Phi) is 2.65. The number of nitriles is 1. The molecule has 5 nitrogen and oxygen atoms in total. The van der Waals surface area contributed by atoms with Crippen molar-refractivity contribution in [1.29, 1.82) is 5.26 Å². The molecule has 5 heteroatoms. The predicted molar refractivity (Wildman–Crippen MR) is 102 cm³/mol. The molecule has 27 heavy (non-hydrogen) atoms. The Morgan fingerprint density at radius 1 is 0.963 bits per heavy atom. The highest BCUT2D eigenvalue weighted by Gasteiger charge is 2.75. The first-order valence-electron chi connectivity index (χ1n) is 9.25. The van der Waals surface area contributed by atoms with Gasteiger partial charge in [-0.2, -0.15) is 15.5 Å². The van der Waals surface area contributed by atoms with E-state index in [1.807, 2.05) is 58.3 Å². The molecule has 6 rings (SSSR count).